The molecule has 2 aliphatic heterocycles. The molecule has 1 atom stereocenters. The fraction of sp³-hybridized carbons (Fsp3) is 0.500. The molecule has 0 radical (unpaired) electrons. The smallest absolute Gasteiger partial charge is 0.410 e. The maximum absolute atomic E-state index is 13.7. The number of carbonyl (C=O) groups is 2. The second kappa shape index (κ2) is 10.3. The standard InChI is InChI=1S/C28H36FN3O3/c1-28(2,3)35-27(34)31-16-13-20(14-17-31)19-30(4)26(33)32-18-15-21-7-5-6-8-24(21)25(32)22-9-11-23(29)12-10-22/h5-12,20,25H,13-19H2,1-4H3. The van der Waals surface area contributed by atoms with E-state index < -0.39 is 5.60 Å². The fourth-order valence-electron chi connectivity index (χ4n) is 5.09. The Bertz CT molecular complexity index is 1040. The number of nitrogens with zero attached hydrogens (tertiary/aromatic N) is 3. The van der Waals surface area contributed by atoms with Gasteiger partial charge in [0, 0.05) is 33.2 Å². The molecule has 35 heavy (non-hydrogen) atoms. The van der Waals surface area contributed by atoms with Crippen molar-refractivity contribution in [3.05, 3.63) is 71.0 Å². The van der Waals surface area contributed by atoms with Gasteiger partial charge in [-0.2, -0.15) is 0 Å². The van der Waals surface area contributed by atoms with Crippen LogP contribution in [0.2, 0.25) is 0 Å². The van der Waals surface area contributed by atoms with Gasteiger partial charge in [-0.15, -0.1) is 0 Å². The Kier molecular flexibility index (Phi) is 7.33. The van der Waals surface area contributed by atoms with E-state index in [0.717, 1.165) is 30.4 Å². The van der Waals surface area contributed by atoms with Crippen LogP contribution in [-0.4, -0.2) is 65.7 Å². The van der Waals surface area contributed by atoms with Crippen molar-refractivity contribution in [2.75, 3.05) is 33.2 Å². The Balaban J connectivity index is 1.42. The maximum atomic E-state index is 13.7. The zero-order chi connectivity index (χ0) is 25.2. The first-order valence-electron chi connectivity index (χ1n) is 12.5. The summed E-state index contributed by atoms with van der Waals surface area (Å²) in [4.78, 5) is 31.5. The van der Waals surface area contributed by atoms with Crippen molar-refractivity contribution < 1.29 is 18.7 Å². The number of likely N-dealkylation sites (tertiary alicyclic amines) is 1. The molecule has 0 aromatic heterocycles. The molecule has 1 unspecified atom stereocenters. The second-order valence-electron chi connectivity index (χ2n) is 10.7. The van der Waals surface area contributed by atoms with E-state index in [0.29, 0.717) is 32.1 Å². The van der Waals surface area contributed by atoms with Gasteiger partial charge in [-0.25, -0.2) is 14.0 Å². The van der Waals surface area contributed by atoms with E-state index in [2.05, 4.69) is 12.1 Å². The molecule has 0 aliphatic carbocycles. The van der Waals surface area contributed by atoms with Gasteiger partial charge >= 0.3 is 12.1 Å². The van der Waals surface area contributed by atoms with Crippen LogP contribution in [0.15, 0.2) is 48.5 Å². The first-order valence-corrected chi connectivity index (χ1v) is 12.5. The highest BCUT2D eigenvalue weighted by atomic mass is 19.1. The van der Waals surface area contributed by atoms with E-state index in [4.69, 9.17) is 4.74 Å². The van der Waals surface area contributed by atoms with Crippen molar-refractivity contribution >= 4 is 12.1 Å². The van der Waals surface area contributed by atoms with Crippen molar-refractivity contribution in [3.8, 4) is 0 Å². The van der Waals surface area contributed by atoms with Gasteiger partial charge < -0.3 is 19.4 Å². The molecule has 2 heterocycles. The Morgan fingerprint density at radius 3 is 2.34 bits per heavy atom. The van der Waals surface area contributed by atoms with Crippen molar-refractivity contribution in [1.82, 2.24) is 14.7 Å². The van der Waals surface area contributed by atoms with Crippen LogP contribution < -0.4 is 0 Å². The minimum atomic E-state index is -0.505. The van der Waals surface area contributed by atoms with Crippen molar-refractivity contribution in [2.24, 2.45) is 5.92 Å². The topological polar surface area (TPSA) is 53.1 Å². The van der Waals surface area contributed by atoms with Crippen molar-refractivity contribution in [3.63, 3.8) is 0 Å². The van der Waals surface area contributed by atoms with E-state index in [-0.39, 0.29) is 24.0 Å². The van der Waals surface area contributed by atoms with E-state index in [1.165, 1.54) is 17.7 Å². The average molecular weight is 482 g/mol. The van der Waals surface area contributed by atoms with E-state index >= 15 is 0 Å². The molecule has 0 N–H and O–H groups in total. The van der Waals surface area contributed by atoms with Crippen LogP contribution in [0.25, 0.3) is 0 Å². The molecule has 4 rings (SSSR count). The van der Waals surface area contributed by atoms with E-state index in [9.17, 15) is 14.0 Å². The Labute approximate surface area is 207 Å². The molecular weight excluding hydrogens is 445 g/mol. The number of fused-ring (bicyclic) bond motifs is 1. The Morgan fingerprint density at radius 1 is 1.03 bits per heavy atom. The zero-order valence-electron chi connectivity index (χ0n) is 21.2. The van der Waals surface area contributed by atoms with Crippen LogP contribution in [0.5, 0.6) is 0 Å². The van der Waals surface area contributed by atoms with Crippen LogP contribution in [0, 0.1) is 11.7 Å². The van der Waals surface area contributed by atoms with Crippen LogP contribution in [0.1, 0.15) is 56.3 Å². The van der Waals surface area contributed by atoms with Crippen molar-refractivity contribution in [1.29, 1.82) is 0 Å². The number of piperidine rings is 1. The molecule has 1 fully saturated rings. The molecule has 2 aliphatic rings. The SMILES string of the molecule is CN(CC1CCN(C(=O)OC(C)(C)C)CC1)C(=O)N1CCc2ccccc2C1c1ccc(F)cc1. The van der Waals surface area contributed by atoms with Gasteiger partial charge in [-0.3, -0.25) is 0 Å². The molecule has 2 aromatic carbocycles. The summed E-state index contributed by atoms with van der Waals surface area (Å²) in [5.41, 5.74) is 2.72. The number of hydrogen-bond acceptors (Lipinski definition) is 3. The summed E-state index contributed by atoms with van der Waals surface area (Å²) >= 11 is 0. The maximum Gasteiger partial charge on any atom is 0.410 e. The summed E-state index contributed by atoms with van der Waals surface area (Å²) in [6, 6.07) is 14.4. The average Bonchev–Trinajstić information content (AvgIpc) is 2.83. The third kappa shape index (κ3) is 5.95. The van der Waals surface area contributed by atoms with Crippen molar-refractivity contribution in [2.45, 2.75) is 51.7 Å². The van der Waals surface area contributed by atoms with Gasteiger partial charge in [0.25, 0.3) is 0 Å². The van der Waals surface area contributed by atoms with Gasteiger partial charge in [-0.1, -0.05) is 36.4 Å². The minimum absolute atomic E-state index is 0.0246. The quantitative estimate of drug-likeness (QED) is 0.584. The van der Waals surface area contributed by atoms with E-state index in [1.54, 1.807) is 21.9 Å². The zero-order valence-corrected chi connectivity index (χ0v) is 21.2. The molecule has 6 nitrogen and oxygen atoms in total. The van der Waals surface area contributed by atoms with Gasteiger partial charge in [0.2, 0.25) is 0 Å². The van der Waals surface area contributed by atoms with E-state index in [1.807, 2.05) is 44.9 Å². The first-order chi connectivity index (χ1) is 16.6. The Hall–Kier alpha value is -3.09. The highest BCUT2D eigenvalue weighted by molar-refractivity contribution is 5.76. The molecule has 0 bridgehead atoms. The molecule has 3 amide bonds. The number of urea groups is 1. The fourth-order valence-corrected chi connectivity index (χ4v) is 5.09. The molecule has 188 valence electrons. The van der Waals surface area contributed by atoms with Gasteiger partial charge in [0.05, 0.1) is 6.04 Å². The summed E-state index contributed by atoms with van der Waals surface area (Å²) in [6.07, 6.45) is 2.19. The lowest BCUT2D eigenvalue weighted by atomic mass is 9.88. The molecule has 0 saturated carbocycles. The normalized spacial score (nSPS) is 18.7. The summed E-state index contributed by atoms with van der Waals surface area (Å²) in [6.45, 7) is 8.13. The number of carbonyl (C=O) groups excluding carboxylic acids is 2. The predicted molar refractivity (Wildman–Crippen MR) is 134 cm³/mol. The van der Waals surface area contributed by atoms with Crippen LogP contribution in [0.4, 0.5) is 14.0 Å². The van der Waals surface area contributed by atoms with Crippen LogP contribution in [0.3, 0.4) is 0 Å². The molecule has 2 aromatic rings. The third-order valence-corrected chi connectivity index (χ3v) is 6.84. The number of halogens is 1. The molecule has 0 spiro atoms. The summed E-state index contributed by atoms with van der Waals surface area (Å²) in [5, 5.41) is 0. The summed E-state index contributed by atoms with van der Waals surface area (Å²) < 4.78 is 19.1. The van der Waals surface area contributed by atoms with Crippen LogP contribution >= 0.6 is 0 Å². The second-order valence-corrected chi connectivity index (χ2v) is 10.7. The monoisotopic (exact) mass is 481 g/mol. The number of amides is 3. The number of ether oxygens (including phenoxy) is 1. The highest BCUT2D eigenvalue weighted by Crippen LogP contribution is 2.36. The lowest BCUT2D eigenvalue weighted by Crippen LogP contribution is -2.49. The summed E-state index contributed by atoms with van der Waals surface area (Å²) in [7, 11) is 1.85. The van der Waals surface area contributed by atoms with Gasteiger partial charge in [0.1, 0.15) is 11.4 Å². The highest BCUT2D eigenvalue weighted by Gasteiger charge is 2.34. The number of rotatable bonds is 3. The largest absolute Gasteiger partial charge is 0.444 e. The molecular formula is C28H36FN3O3. The first kappa shape index (κ1) is 25.0. The molecule has 7 heteroatoms. The minimum Gasteiger partial charge on any atom is -0.444 e. The van der Waals surface area contributed by atoms with Crippen LogP contribution in [-0.2, 0) is 11.2 Å². The number of hydrogen-bond donors (Lipinski definition) is 0. The predicted octanol–water partition coefficient (Wildman–Crippen LogP) is 5.47. The van der Waals surface area contributed by atoms with Gasteiger partial charge in [-0.05, 0) is 74.8 Å². The summed E-state index contributed by atoms with van der Waals surface area (Å²) in [5.74, 6) is 0.0366. The third-order valence-electron chi connectivity index (χ3n) is 6.84. The Morgan fingerprint density at radius 2 is 1.69 bits per heavy atom. The lowest BCUT2D eigenvalue weighted by molar-refractivity contribution is 0.0173. The molecule has 1 saturated heterocycles. The van der Waals surface area contributed by atoms with Gasteiger partial charge in [0.15, 0.2) is 0 Å². The number of benzene rings is 2. The lowest BCUT2D eigenvalue weighted by Gasteiger charge is -2.41.